The molecule has 1 aliphatic rings. The molecule has 0 aliphatic heterocycles. The molecule has 1 heterocycles. The van der Waals surface area contributed by atoms with Gasteiger partial charge in [-0.3, -0.25) is 4.79 Å². The third-order valence-electron chi connectivity index (χ3n) is 4.58. The van der Waals surface area contributed by atoms with E-state index in [1.807, 2.05) is 36.4 Å². The van der Waals surface area contributed by atoms with Gasteiger partial charge < -0.3 is 14.8 Å². The minimum absolute atomic E-state index is 0.0497. The van der Waals surface area contributed by atoms with Crippen LogP contribution in [0.25, 0.3) is 0 Å². The molecular weight excluding hydrogens is 384 g/mol. The van der Waals surface area contributed by atoms with Gasteiger partial charge in [0.2, 0.25) is 11.0 Å². The summed E-state index contributed by atoms with van der Waals surface area (Å²) in [5.41, 5.74) is 0.506. The highest BCUT2D eigenvalue weighted by Gasteiger charge is 2.51. The number of carbonyl (C=O) groups is 1. The summed E-state index contributed by atoms with van der Waals surface area (Å²) in [6.07, 6.45) is 3.22. The molecule has 0 unspecified atom stereocenters. The van der Waals surface area contributed by atoms with Crippen LogP contribution in [-0.4, -0.2) is 18.0 Å². The number of amides is 1. The van der Waals surface area contributed by atoms with Crippen LogP contribution in [-0.2, 0) is 10.2 Å². The van der Waals surface area contributed by atoms with Gasteiger partial charge >= 0.3 is 0 Å². The molecule has 4 rings (SSSR count). The lowest BCUT2D eigenvalue weighted by molar-refractivity contribution is -0.118. The third kappa shape index (κ3) is 3.63. The summed E-state index contributed by atoms with van der Waals surface area (Å²) in [6.45, 7) is 0. The standard InChI is InChI=1S/C20H17ClN2O3S/c1-25-14-8-6-13(7-9-14)20(10-11-20)18(24)23-19-22-12-17(27-19)26-16-5-3-2-4-15(16)21/h2-9,12H,10-11H2,1H3,(H,22,23,24). The van der Waals surface area contributed by atoms with Crippen molar-refractivity contribution in [2.45, 2.75) is 18.3 Å². The van der Waals surface area contributed by atoms with Crippen molar-refractivity contribution in [2.24, 2.45) is 0 Å². The summed E-state index contributed by atoms with van der Waals surface area (Å²) in [6, 6.07) is 14.9. The Labute approximate surface area is 165 Å². The Bertz CT molecular complexity index is 967. The summed E-state index contributed by atoms with van der Waals surface area (Å²) in [5.74, 6) is 1.28. The minimum Gasteiger partial charge on any atom is -0.497 e. The number of anilines is 1. The van der Waals surface area contributed by atoms with Gasteiger partial charge in [-0.05, 0) is 42.7 Å². The van der Waals surface area contributed by atoms with E-state index in [2.05, 4.69) is 10.3 Å². The quantitative estimate of drug-likeness (QED) is 0.612. The molecule has 27 heavy (non-hydrogen) atoms. The number of halogens is 1. The Balaban J connectivity index is 1.45. The minimum atomic E-state index is -0.484. The zero-order chi connectivity index (χ0) is 18.9. The van der Waals surface area contributed by atoms with Crippen LogP contribution in [0, 0.1) is 0 Å². The number of hydrogen-bond donors (Lipinski definition) is 1. The molecule has 1 saturated carbocycles. The van der Waals surface area contributed by atoms with E-state index in [4.69, 9.17) is 21.1 Å². The number of benzene rings is 2. The monoisotopic (exact) mass is 400 g/mol. The van der Waals surface area contributed by atoms with E-state index in [9.17, 15) is 4.79 Å². The molecule has 0 saturated heterocycles. The van der Waals surface area contributed by atoms with Crippen LogP contribution in [0.1, 0.15) is 18.4 Å². The smallest absolute Gasteiger partial charge is 0.236 e. The predicted octanol–water partition coefficient (Wildman–Crippen LogP) is 5.27. The fourth-order valence-corrected chi connectivity index (χ4v) is 3.75. The molecule has 0 radical (unpaired) electrons. The SMILES string of the molecule is COc1ccc(C2(C(=O)Nc3ncc(Oc4ccccc4Cl)s3)CC2)cc1. The maximum atomic E-state index is 12.8. The van der Waals surface area contributed by atoms with E-state index in [-0.39, 0.29) is 5.91 Å². The molecule has 0 spiro atoms. The number of para-hydroxylation sites is 1. The number of nitrogens with one attached hydrogen (secondary N) is 1. The number of hydrogen-bond acceptors (Lipinski definition) is 5. The average molecular weight is 401 g/mol. The van der Waals surface area contributed by atoms with E-state index in [1.54, 1.807) is 25.4 Å². The van der Waals surface area contributed by atoms with Crippen molar-refractivity contribution in [3.8, 4) is 16.6 Å². The lowest BCUT2D eigenvalue weighted by Crippen LogP contribution is -2.27. The Morgan fingerprint density at radius 1 is 1.19 bits per heavy atom. The Hall–Kier alpha value is -2.57. The fraction of sp³-hybridized carbons (Fsp3) is 0.200. The normalized spacial score (nSPS) is 14.4. The van der Waals surface area contributed by atoms with E-state index >= 15 is 0 Å². The molecule has 1 fully saturated rings. The number of carbonyl (C=O) groups excluding carboxylic acids is 1. The maximum absolute atomic E-state index is 12.8. The van der Waals surface area contributed by atoms with E-state index in [0.29, 0.717) is 21.0 Å². The van der Waals surface area contributed by atoms with Crippen molar-refractivity contribution < 1.29 is 14.3 Å². The number of ether oxygens (including phenoxy) is 2. The molecule has 1 N–H and O–H groups in total. The van der Waals surface area contributed by atoms with Crippen molar-refractivity contribution in [1.82, 2.24) is 4.98 Å². The first-order valence-corrected chi connectivity index (χ1v) is 9.64. The molecule has 3 aromatic rings. The molecule has 1 aromatic heterocycles. The Morgan fingerprint density at radius 2 is 1.93 bits per heavy atom. The van der Waals surface area contributed by atoms with Gasteiger partial charge in [0.05, 0.1) is 23.7 Å². The topological polar surface area (TPSA) is 60.5 Å². The van der Waals surface area contributed by atoms with Gasteiger partial charge in [0.25, 0.3) is 0 Å². The zero-order valence-corrected chi connectivity index (χ0v) is 16.1. The third-order valence-corrected chi connectivity index (χ3v) is 5.68. The number of rotatable bonds is 6. The predicted molar refractivity (Wildman–Crippen MR) is 106 cm³/mol. The molecule has 138 valence electrons. The number of aromatic nitrogens is 1. The van der Waals surface area contributed by atoms with Crippen molar-refractivity contribution in [2.75, 3.05) is 12.4 Å². The summed E-state index contributed by atoms with van der Waals surface area (Å²) in [5, 5.41) is 4.50. The van der Waals surface area contributed by atoms with E-state index < -0.39 is 5.41 Å². The van der Waals surface area contributed by atoms with E-state index in [1.165, 1.54) is 11.3 Å². The van der Waals surface area contributed by atoms with Crippen LogP contribution < -0.4 is 14.8 Å². The van der Waals surface area contributed by atoms with Crippen LogP contribution in [0.3, 0.4) is 0 Å². The van der Waals surface area contributed by atoms with Crippen molar-refractivity contribution in [1.29, 1.82) is 0 Å². The number of methoxy groups -OCH3 is 1. The fourth-order valence-electron chi connectivity index (χ4n) is 2.90. The van der Waals surface area contributed by atoms with Crippen molar-refractivity contribution >= 4 is 34.0 Å². The second-order valence-electron chi connectivity index (χ2n) is 6.28. The van der Waals surface area contributed by atoms with Crippen molar-refractivity contribution in [3.63, 3.8) is 0 Å². The van der Waals surface area contributed by atoms with Gasteiger partial charge in [-0.15, -0.1) is 0 Å². The molecule has 2 aromatic carbocycles. The van der Waals surface area contributed by atoms with Gasteiger partial charge in [0, 0.05) is 0 Å². The lowest BCUT2D eigenvalue weighted by atomic mass is 9.95. The zero-order valence-electron chi connectivity index (χ0n) is 14.6. The molecule has 1 aliphatic carbocycles. The summed E-state index contributed by atoms with van der Waals surface area (Å²) >= 11 is 7.37. The Morgan fingerprint density at radius 3 is 2.59 bits per heavy atom. The van der Waals surface area contributed by atoms with Gasteiger partial charge in [-0.25, -0.2) is 4.98 Å². The highest BCUT2D eigenvalue weighted by Crippen LogP contribution is 2.49. The maximum Gasteiger partial charge on any atom is 0.236 e. The first-order chi connectivity index (χ1) is 13.1. The first-order valence-electron chi connectivity index (χ1n) is 8.45. The van der Waals surface area contributed by atoms with Gasteiger partial charge in [0.15, 0.2) is 5.13 Å². The summed E-state index contributed by atoms with van der Waals surface area (Å²) < 4.78 is 10.9. The molecule has 0 bridgehead atoms. The average Bonchev–Trinajstić information content (AvgIpc) is 3.39. The largest absolute Gasteiger partial charge is 0.497 e. The van der Waals surface area contributed by atoms with Crippen LogP contribution in [0.15, 0.2) is 54.7 Å². The highest BCUT2D eigenvalue weighted by molar-refractivity contribution is 7.17. The van der Waals surface area contributed by atoms with Crippen LogP contribution >= 0.6 is 22.9 Å². The number of nitrogens with zero attached hydrogens (tertiary/aromatic N) is 1. The van der Waals surface area contributed by atoms with Crippen molar-refractivity contribution in [3.05, 3.63) is 65.3 Å². The summed E-state index contributed by atoms with van der Waals surface area (Å²) in [7, 11) is 1.62. The number of thiazole rings is 1. The summed E-state index contributed by atoms with van der Waals surface area (Å²) in [4.78, 5) is 17.1. The van der Waals surface area contributed by atoms with Gasteiger partial charge in [-0.2, -0.15) is 0 Å². The molecule has 0 atom stereocenters. The first kappa shape index (κ1) is 17.8. The molecule has 7 heteroatoms. The lowest BCUT2D eigenvalue weighted by Gasteiger charge is -2.15. The van der Waals surface area contributed by atoms with Gasteiger partial charge in [-0.1, -0.05) is 47.2 Å². The molecule has 5 nitrogen and oxygen atoms in total. The molecular formula is C20H17ClN2O3S. The van der Waals surface area contributed by atoms with E-state index in [0.717, 1.165) is 24.2 Å². The highest BCUT2D eigenvalue weighted by atomic mass is 35.5. The Kier molecular flexibility index (Phi) is 4.76. The van der Waals surface area contributed by atoms with Crippen LogP contribution in [0.2, 0.25) is 5.02 Å². The van der Waals surface area contributed by atoms with Crippen LogP contribution in [0.5, 0.6) is 16.6 Å². The second-order valence-corrected chi connectivity index (χ2v) is 7.68. The van der Waals surface area contributed by atoms with Crippen LogP contribution in [0.4, 0.5) is 5.13 Å². The molecule has 1 amide bonds. The second kappa shape index (κ2) is 7.21. The van der Waals surface area contributed by atoms with Gasteiger partial charge in [0.1, 0.15) is 11.5 Å².